The second kappa shape index (κ2) is 4.88. The van der Waals surface area contributed by atoms with E-state index in [9.17, 15) is 0 Å². The maximum absolute atomic E-state index is 5.86. The Bertz CT molecular complexity index is 585. The highest BCUT2D eigenvalue weighted by atomic mass is 16.3. The van der Waals surface area contributed by atoms with Crippen LogP contribution in [-0.4, -0.2) is 0 Å². The number of fused-ring (bicyclic) bond motifs is 1. The molecule has 0 aliphatic carbocycles. The molecule has 0 aliphatic heterocycles. The number of hydrogen-bond acceptors (Lipinski definition) is 1. The lowest BCUT2D eigenvalue weighted by Gasteiger charge is -1.97. The Morgan fingerprint density at radius 3 is 2.82 bits per heavy atom. The predicted octanol–water partition coefficient (Wildman–Crippen LogP) is 4.75. The molecule has 1 aromatic heterocycles. The minimum Gasteiger partial charge on any atom is -0.460 e. The first-order valence-corrected chi connectivity index (χ1v) is 5.66. The fraction of sp³-hybridized carbons (Fsp3) is 0.125. The second-order valence-electron chi connectivity index (χ2n) is 4.16. The van der Waals surface area contributed by atoms with Crippen molar-refractivity contribution in [2.45, 2.75) is 13.3 Å². The van der Waals surface area contributed by atoms with Crippen LogP contribution in [0.5, 0.6) is 0 Å². The van der Waals surface area contributed by atoms with E-state index in [1.165, 1.54) is 0 Å². The minimum atomic E-state index is 0.769. The standard InChI is InChI=1S/C16H16O/c1-4-5-8-14-13-9-6-7-10-15(13)17-16(14)11-12(2)3/h4-10H,1-2,11H2,3H3/b8-5-. The fourth-order valence-electron chi connectivity index (χ4n) is 1.87. The molecule has 1 nitrogen and oxygen atoms in total. The number of para-hydroxylation sites is 1. The fourth-order valence-corrected chi connectivity index (χ4v) is 1.87. The molecule has 0 spiro atoms. The molecular formula is C16H16O. The monoisotopic (exact) mass is 224 g/mol. The average molecular weight is 224 g/mol. The molecule has 0 amide bonds. The molecule has 86 valence electrons. The lowest BCUT2D eigenvalue weighted by molar-refractivity contribution is 0.560. The Morgan fingerprint density at radius 1 is 1.35 bits per heavy atom. The second-order valence-corrected chi connectivity index (χ2v) is 4.16. The quantitative estimate of drug-likeness (QED) is 0.539. The summed E-state index contributed by atoms with van der Waals surface area (Å²) in [7, 11) is 0. The van der Waals surface area contributed by atoms with Gasteiger partial charge in [0, 0.05) is 17.4 Å². The van der Waals surface area contributed by atoms with E-state index in [1.54, 1.807) is 6.08 Å². The van der Waals surface area contributed by atoms with Gasteiger partial charge in [0.25, 0.3) is 0 Å². The van der Waals surface area contributed by atoms with Gasteiger partial charge in [0.1, 0.15) is 11.3 Å². The summed E-state index contributed by atoms with van der Waals surface area (Å²) in [6, 6.07) is 8.07. The molecule has 0 N–H and O–H groups in total. The van der Waals surface area contributed by atoms with Gasteiger partial charge in [-0.1, -0.05) is 55.2 Å². The van der Waals surface area contributed by atoms with Crippen LogP contribution in [0.25, 0.3) is 17.0 Å². The molecular weight excluding hydrogens is 208 g/mol. The van der Waals surface area contributed by atoms with Crippen molar-refractivity contribution in [3.8, 4) is 0 Å². The van der Waals surface area contributed by atoms with Crippen molar-refractivity contribution in [1.82, 2.24) is 0 Å². The molecule has 1 heterocycles. The van der Waals surface area contributed by atoms with E-state index in [1.807, 2.05) is 37.3 Å². The SMILES string of the molecule is C=C/C=C\c1c(CC(=C)C)oc2ccccc12. The molecule has 17 heavy (non-hydrogen) atoms. The third kappa shape index (κ3) is 2.39. The number of allylic oxidation sites excluding steroid dienone is 3. The van der Waals surface area contributed by atoms with Gasteiger partial charge in [-0.05, 0) is 13.0 Å². The molecule has 1 aromatic carbocycles. The zero-order chi connectivity index (χ0) is 12.3. The molecule has 0 radical (unpaired) electrons. The van der Waals surface area contributed by atoms with Crippen molar-refractivity contribution in [2.24, 2.45) is 0 Å². The third-order valence-corrected chi connectivity index (χ3v) is 2.57. The molecule has 0 saturated heterocycles. The molecule has 0 aliphatic rings. The zero-order valence-electron chi connectivity index (χ0n) is 10.1. The van der Waals surface area contributed by atoms with Crippen molar-refractivity contribution in [3.05, 3.63) is 66.5 Å². The molecule has 0 bridgehead atoms. The Kier molecular flexibility index (Phi) is 3.29. The van der Waals surface area contributed by atoms with E-state index in [4.69, 9.17) is 4.42 Å². The topological polar surface area (TPSA) is 13.1 Å². The third-order valence-electron chi connectivity index (χ3n) is 2.57. The van der Waals surface area contributed by atoms with E-state index >= 15 is 0 Å². The molecule has 2 aromatic rings. The van der Waals surface area contributed by atoms with Crippen LogP contribution in [0.2, 0.25) is 0 Å². The van der Waals surface area contributed by atoms with Crippen LogP contribution in [0.1, 0.15) is 18.2 Å². The van der Waals surface area contributed by atoms with Gasteiger partial charge in [0.05, 0.1) is 0 Å². The summed E-state index contributed by atoms with van der Waals surface area (Å²) in [5, 5.41) is 1.14. The summed E-state index contributed by atoms with van der Waals surface area (Å²) in [6.45, 7) is 9.64. The Morgan fingerprint density at radius 2 is 2.12 bits per heavy atom. The Hall–Kier alpha value is -2.02. The van der Waals surface area contributed by atoms with Crippen LogP contribution in [-0.2, 0) is 6.42 Å². The van der Waals surface area contributed by atoms with Gasteiger partial charge in [-0.3, -0.25) is 0 Å². The van der Waals surface area contributed by atoms with Crippen LogP contribution in [0.4, 0.5) is 0 Å². The molecule has 0 unspecified atom stereocenters. The van der Waals surface area contributed by atoms with Crippen LogP contribution >= 0.6 is 0 Å². The maximum Gasteiger partial charge on any atom is 0.134 e. The minimum absolute atomic E-state index is 0.769. The van der Waals surface area contributed by atoms with Gasteiger partial charge < -0.3 is 4.42 Å². The van der Waals surface area contributed by atoms with Crippen LogP contribution in [0.15, 0.2) is 59.6 Å². The maximum atomic E-state index is 5.86. The van der Waals surface area contributed by atoms with Crippen molar-refractivity contribution in [2.75, 3.05) is 0 Å². The van der Waals surface area contributed by atoms with Crippen molar-refractivity contribution in [1.29, 1.82) is 0 Å². The van der Waals surface area contributed by atoms with Crippen LogP contribution in [0, 0.1) is 0 Å². The Balaban J connectivity index is 2.60. The molecule has 0 saturated carbocycles. The summed E-state index contributed by atoms with van der Waals surface area (Å²) in [4.78, 5) is 0. The smallest absolute Gasteiger partial charge is 0.134 e. The number of hydrogen-bond donors (Lipinski definition) is 0. The predicted molar refractivity (Wildman–Crippen MR) is 74.0 cm³/mol. The highest BCUT2D eigenvalue weighted by Gasteiger charge is 2.10. The van der Waals surface area contributed by atoms with Gasteiger partial charge in [-0.2, -0.15) is 0 Å². The average Bonchev–Trinajstić information content (AvgIpc) is 2.63. The van der Waals surface area contributed by atoms with Crippen molar-refractivity contribution >= 4 is 17.0 Å². The lowest BCUT2D eigenvalue weighted by Crippen LogP contribution is -1.85. The zero-order valence-corrected chi connectivity index (χ0v) is 10.1. The number of rotatable bonds is 4. The molecule has 0 fully saturated rings. The first-order chi connectivity index (χ1) is 8.22. The first kappa shape index (κ1) is 11.5. The largest absolute Gasteiger partial charge is 0.460 e. The Labute approximate surface area is 102 Å². The van der Waals surface area contributed by atoms with Gasteiger partial charge in [0.15, 0.2) is 0 Å². The summed E-state index contributed by atoms with van der Waals surface area (Å²) in [5.41, 5.74) is 3.15. The molecule has 2 rings (SSSR count). The van der Waals surface area contributed by atoms with Crippen molar-refractivity contribution in [3.63, 3.8) is 0 Å². The van der Waals surface area contributed by atoms with E-state index in [-0.39, 0.29) is 0 Å². The van der Waals surface area contributed by atoms with Gasteiger partial charge in [-0.25, -0.2) is 0 Å². The number of benzene rings is 1. The van der Waals surface area contributed by atoms with E-state index in [0.717, 1.165) is 34.3 Å². The summed E-state index contributed by atoms with van der Waals surface area (Å²) < 4.78 is 5.86. The van der Waals surface area contributed by atoms with E-state index in [0.29, 0.717) is 0 Å². The molecule has 1 heteroatoms. The van der Waals surface area contributed by atoms with Crippen LogP contribution < -0.4 is 0 Å². The van der Waals surface area contributed by atoms with Gasteiger partial charge >= 0.3 is 0 Å². The lowest BCUT2D eigenvalue weighted by atomic mass is 10.1. The van der Waals surface area contributed by atoms with E-state index < -0.39 is 0 Å². The number of furan rings is 1. The summed E-state index contributed by atoms with van der Waals surface area (Å²) in [6.07, 6.45) is 6.51. The summed E-state index contributed by atoms with van der Waals surface area (Å²) >= 11 is 0. The van der Waals surface area contributed by atoms with E-state index in [2.05, 4.69) is 19.2 Å². The highest BCUT2D eigenvalue weighted by Crippen LogP contribution is 2.28. The van der Waals surface area contributed by atoms with Crippen molar-refractivity contribution < 1.29 is 4.42 Å². The van der Waals surface area contributed by atoms with Gasteiger partial charge in [-0.15, -0.1) is 0 Å². The summed E-state index contributed by atoms with van der Waals surface area (Å²) in [5.74, 6) is 0.969. The van der Waals surface area contributed by atoms with Crippen LogP contribution in [0.3, 0.4) is 0 Å². The normalized spacial score (nSPS) is 11.1. The highest BCUT2D eigenvalue weighted by molar-refractivity contribution is 5.88. The van der Waals surface area contributed by atoms with Gasteiger partial charge in [0.2, 0.25) is 0 Å². The molecule has 0 atom stereocenters. The first-order valence-electron chi connectivity index (χ1n) is 5.66.